The summed E-state index contributed by atoms with van der Waals surface area (Å²) >= 11 is 0. The van der Waals surface area contributed by atoms with Crippen molar-refractivity contribution in [1.82, 2.24) is 20.1 Å². The van der Waals surface area contributed by atoms with Crippen LogP contribution in [0.4, 0.5) is 0 Å². The highest BCUT2D eigenvalue weighted by Crippen LogP contribution is 2.27. The van der Waals surface area contributed by atoms with Gasteiger partial charge in [0.05, 0.1) is 24.8 Å². The third-order valence-electron chi connectivity index (χ3n) is 5.81. The van der Waals surface area contributed by atoms with Crippen molar-refractivity contribution < 1.29 is 14.6 Å². The minimum atomic E-state index is -0.554. The number of nitrogens with zero attached hydrogens (tertiary/aromatic N) is 3. The van der Waals surface area contributed by atoms with E-state index in [1.807, 2.05) is 24.3 Å². The molecule has 0 spiro atoms. The zero-order valence-corrected chi connectivity index (χ0v) is 15.5. The Balaban J connectivity index is 1.35. The Morgan fingerprint density at radius 3 is 3.11 bits per heavy atom. The number of carbonyl (C=O) groups is 1. The number of aromatic amines is 1. The fourth-order valence-electron chi connectivity index (χ4n) is 4.27. The highest BCUT2D eigenvalue weighted by Gasteiger charge is 2.36. The summed E-state index contributed by atoms with van der Waals surface area (Å²) in [7, 11) is 0. The van der Waals surface area contributed by atoms with Gasteiger partial charge in [-0.05, 0) is 24.1 Å². The lowest BCUT2D eigenvalue weighted by Crippen LogP contribution is -2.31. The third-order valence-corrected chi connectivity index (χ3v) is 5.81. The van der Waals surface area contributed by atoms with E-state index in [-0.39, 0.29) is 11.8 Å². The molecule has 0 saturated carbocycles. The number of benzene rings is 1. The molecular weight excluding hydrogens is 356 g/mol. The summed E-state index contributed by atoms with van der Waals surface area (Å²) in [6.45, 7) is 1.90. The molecule has 0 unspecified atom stereocenters. The van der Waals surface area contributed by atoms with E-state index in [1.54, 1.807) is 11.1 Å². The Morgan fingerprint density at radius 2 is 2.18 bits per heavy atom. The minimum Gasteiger partial charge on any atom is -0.391 e. The normalized spacial score (nSPS) is 21.8. The number of carbonyl (C=O) groups excluding carboxylic acids is 1. The van der Waals surface area contributed by atoms with Crippen LogP contribution in [0.15, 0.2) is 36.5 Å². The van der Waals surface area contributed by atoms with Gasteiger partial charge in [-0.15, -0.1) is 0 Å². The number of likely N-dealkylation sites (tertiary alicyclic amines) is 1. The number of ether oxygens (including phenoxy) is 1. The Morgan fingerprint density at radius 1 is 1.29 bits per heavy atom. The van der Waals surface area contributed by atoms with Crippen molar-refractivity contribution in [1.29, 1.82) is 0 Å². The van der Waals surface area contributed by atoms with Gasteiger partial charge in [0.25, 0.3) is 5.91 Å². The van der Waals surface area contributed by atoms with Gasteiger partial charge in [0.2, 0.25) is 0 Å². The van der Waals surface area contributed by atoms with E-state index in [4.69, 9.17) is 4.74 Å². The van der Waals surface area contributed by atoms with Gasteiger partial charge in [-0.25, -0.2) is 0 Å². The molecule has 7 nitrogen and oxygen atoms in total. The Kier molecular flexibility index (Phi) is 4.33. The van der Waals surface area contributed by atoms with E-state index < -0.39 is 6.10 Å². The predicted molar refractivity (Wildman–Crippen MR) is 103 cm³/mol. The van der Waals surface area contributed by atoms with Crippen LogP contribution < -0.4 is 0 Å². The van der Waals surface area contributed by atoms with Crippen molar-refractivity contribution in [3.05, 3.63) is 59.0 Å². The van der Waals surface area contributed by atoms with Gasteiger partial charge in [-0.2, -0.15) is 5.10 Å². The number of para-hydroxylation sites is 1. The number of fused-ring (bicyclic) bond motifs is 2. The maximum absolute atomic E-state index is 13.0. The molecule has 2 aliphatic heterocycles. The van der Waals surface area contributed by atoms with Crippen LogP contribution in [-0.2, 0) is 24.2 Å². The number of hydrogen-bond acceptors (Lipinski definition) is 5. The molecule has 144 valence electrons. The van der Waals surface area contributed by atoms with E-state index >= 15 is 0 Å². The van der Waals surface area contributed by atoms with E-state index in [0.29, 0.717) is 38.4 Å². The summed E-state index contributed by atoms with van der Waals surface area (Å²) in [5.41, 5.74) is 4.36. The van der Waals surface area contributed by atoms with E-state index in [2.05, 4.69) is 21.2 Å². The van der Waals surface area contributed by atoms with Crippen molar-refractivity contribution in [3.63, 3.8) is 0 Å². The first kappa shape index (κ1) is 17.3. The van der Waals surface area contributed by atoms with Gasteiger partial charge in [-0.3, -0.25) is 14.9 Å². The predicted octanol–water partition coefficient (Wildman–Crippen LogP) is 1.71. The second-order valence-electron chi connectivity index (χ2n) is 7.56. The molecule has 5 rings (SSSR count). The summed E-state index contributed by atoms with van der Waals surface area (Å²) in [6.07, 6.45) is 2.70. The average molecular weight is 378 g/mol. The van der Waals surface area contributed by atoms with Crippen LogP contribution in [0.25, 0.3) is 10.9 Å². The van der Waals surface area contributed by atoms with Gasteiger partial charge >= 0.3 is 0 Å². The molecule has 0 aliphatic carbocycles. The number of rotatable bonds is 3. The summed E-state index contributed by atoms with van der Waals surface area (Å²) < 4.78 is 5.48. The largest absolute Gasteiger partial charge is 0.391 e. The van der Waals surface area contributed by atoms with Gasteiger partial charge in [0.15, 0.2) is 5.69 Å². The van der Waals surface area contributed by atoms with E-state index in [0.717, 1.165) is 34.1 Å². The van der Waals surface area contributed by atoms with Crippen LogP contribution in [0.5, 0.6) is 0 Å². The maximum atomic E-state index is 13.0. The first-order valence-electron chi connectivity index (χ1n) is 9.64. The average Bonchev–Trinajstić information content (AvgIpc) is 3.32. The zero-order chi connectivity index (χ0) is 19.1. The van der Waals surface area contributed by atoms with Gasteiger partial charge in [0, 0.05) is 48.3 Å². The molecule has 1 aromatic carbocycles. The lowest BCUT2D eigenvalue weighted by molar-refractivity contribution is 0.0745. The Bertz CT molecular complexity index is 1030. The molecular formula is C21H22N4O3. The van der Waals surface area contributed by atoms with Gasteiger partial charge < -0.3 is 14.7 Å². The topological polar surface area (TPSA) is 91.3 Å². The molecule has 2 N–H and O–H groups in total. The molecule has 1 fully saturated rings. The molecule has 4 heterocycles. The Hall–Kier alpha value is -2.77. The van der Waals surface area contributed by atoms with Crippen molar-refractivity contribution in [2.24, 2.45) is 5.92 Å². The summed E-state index contributed by atoms with van der Waals surface area (Å²) in [5, 5.41) is 18.9. The number of H-pyrrole nitrogens is 1. The molecule has 28 heavy (non-hydrogen) atoms. The Labute approximate surface area is 162 Å². The standard InChI is InChI=1S/C21H22N4O3/c26-19-11-25(21(27)20-16-12-28-8-6-18(16)23-24-20)10-14(19)9-13-5-7-22-17-4-2-1-3-15(13)17/h1-5,7,14,19,26H,6,8-12H2,(H,23,24)/t14-,19-/m1/s1. The molecule has 7 heteroatoms. The first-order valence-corrected chi connectivity index (χ1v) is 9.64. The third kappa shape index (κ3) is 2.96. The van der Waals surface area contributed by atoms with Crippen molar-refractivity contribution in [2.75, 3.05) is 19.7 Å². The summed E-state index contributed by atoms with van der Waals surface area (Å²) in [5.74, 6) is -0.148. The molecule has 0 bridgehead atoms. The van der Waals surface area contributed by atoms with E-state index in [1.165, 1.54) is 0 Å². The van der Waals surface area contributed by atoms with Crippen molar-refractivity contribution in [2.45, 2.75) is 25.6 Å². The number of aliphatic hydroxyl groups excluding tert-OH is 1. The lowest BCUT2D eigenvalue weighted by Gasteiger charge is -2.17. The smallest absolute Gasteiger partial charge is 0.274 e. The number of amides is 1. The summed E-state index contributed by atoms with van der Waals surface area (Å²) in [6, 6.07) is 10.0. The number of aliphatic hydroxyl groups is 1. The number of hydrogen-bond donors (Lipinski definition) is 2. The fourth-order valence-corrected chi connectivity index (χ4v) is 4.27. The number of nitrogens with one attached hydrogen (secondary N) is 1. The molecule has 1 amide bonds. The van der Waals surface area contributed by atoms with Crippen LogP contribution in [-0.4, -0.2) is 56.9 Å². The SMILES string of the molecule is O=C(c1n[nH]c2c1COCC2)N1C[C@@H](Cc2ccnc3ccccc23)[C@H](O)C1. The van der Waals surface area contributed by atoms with Crippen molar-refractivity contribution >= 4 is 16.8 Å². The van der Waals surface area contributed by atoms with Crippen LogP contribution in [0, 0.1) is 5.92 Å². The quantitative estimate of drug-likeness (QED) is 0.724. The molecule has 3 aromatic rings. The fraction of sp³-hybridized carbons (Fsp3) is 0.381. The second kappa shape index (κ2) is 7.00. The first-order chi connectivity index (χ1) is 13.7. The zero-order valence-electron chi connectivity index (χ0n) is 15.5. The molecule has 1 saturated heterocycles. The van der Waals surface area contributed by atoms with Gasteiger partial charge in [-0.1, -0.05) is 18.2 Å². The highest BCUT2D eigenvalue weighted by molar-refractivity contribution is 5.94. The number of pyridine rings is 1. The monoisotopic (exact) mass is 378 g/mol. The number of aromatic nitrogens is 3. The van der Waals surface area contributed by atoms with Crippen LogP contribution in [0.2, 0.25) is 0 Å². The highest BCUT2D eigenvalue weighted by atomic mass is 16.5. The van der Waals surface area contributed by atoms with Gasteiger partial charge in [0.1, 0.15) is 0 Å². The van der Waals surface area contributed by atoms with Crippen LogP contribution in [0.3, 0.4) is 0 Å². The molecule has 0 radical (unpaired) electrons. The van der Waals surface area contributed by atoms with Crippen LogP contribution >= 0.6 is 0 Å². The lowest BCUT2D eigenvalue weighted by atomic mass is 9.94. The minimum absolute atomic E-state index is 0.0132. The van der Waals surface area contributed by atoms with Crippen molar-refractivity contribution in [3.8, 4) is 0 Å². The van der Waals surface area contributed by atoms with Crippen LogP contribution in [0.1, 0.15) is 27.3 Å². The summed E-state index contributed by atoms with van der Waals surface area (Å²) in [4.78, 5) is 19.1. The number of β-amino-alcohol motifs (C(OH)–C–C–N with tert-alkyl or cyclic N) is 1. The molecule has 2 aromatic heterocycles. The second-order valence-corrected chi connectivity index (χ2v) is 7.56. The molecule has 2 atom stereocenters. The maximum Gasteiger partial charge on any atom is 0.274 e. The molecule has 2 aliphatic rings. The van der Waals surface area contributed by atoms with E-state index in [9.17, 15) is 9.90 Å².